The van der Waals surface area contributed by atoms with Crippen LogP contribution >= 0.6 is 0 Å². The summed E-state index contributed by atoms with van der Waals surface area (Å²) in [6, 6.07) is 10.3. The number of aliphatic hydroxyl groups is 1. The molecule has 0 spiro atoms. The minimum absolute atomic E-state index is 0.154. The predicted octanol–water partition coefficient (Wildman–Crippen LogP) is 5.57. The summed E-state index contributed by atoms with van der Waals surface area (Å²) in [6.07, 6.45) is 11.5. The number of allylic oxidation sites excluding steroid dienone is 2. The quantitative estimate of drug-likeness (QED) is 0.514. The molecule has 0 bridgehead atoms. The van der Waals surface area contributed by atoms with E-state index in [1.54, 1.807) is 0 Å². The summed E-state index contributed by atoms with van der Waals surface area (Å²) in [5.41, 5.74) is 3.73. The molecule has 148 valence electrons. The van der Waals surface area contributed by atoms with Crippen LogP contribution in [0.4, 0.5) is 0 Å². The van der Waals surface area contributed by atoms with Crippen molar-refractivity contribution >= 4 is 11.9 Å². The smallest absolute Gasteiger partial charge is 0.165 e. The van der Waals surface area contributed by atoms with Gasteiger partial charge in [0.2, 0.25) is 0 Å². The van der Waals surface area contributed by atoms with E-state index in [-0.39, 0.29) is 16.9 Å². The Bertz CT molecular complexity index is 850. The lowest BCUT2D eigenvalue weighted by Crippen LogP contribution is -2.50. The zero-order chi connectivity index (χ0) is 19.5. The van der Waals surface area contributed by atoms with Crippen molar-refractivity contribution in [2.75, 3.05) is 0 Å². The molecule has 28 heavy (non-hydrogen) atoms. The van der Waals surface area contributed by atoms with E-state index < -0.39 is 0 Å². The van der Waals surface area contributed by atoms with Crippen LogP contribution in [0.3, 0.4) is 0 Å². The fourth-order valence-corrected chi connectivity index (χ4v) is 7.19. The number of rotatable bonds is 1. The molecule has 2 heteroatoms. The third kappa shape index (κ3) is 2.60. The zero-order valence-corrected chi connectivity index (χ0v) is 17.2. The summed E-state index contributed by atoms with van der Waals surface area (Å²) in [5, 5.41) is 10.2. The molecule has 4 aliphatic carbocycles. The van der Waals surface area contributed by atoms with Crippen molar-refractivity contribution in [2.45, 2.75) is 64.9 Å². The second kappa shape index (κ2) is 6.42. The highest BCUT2D eigenvalue weighted by atomic mass is 16.3. The van der Waals surface area contributed by atoms with Gasteiger partial charge >= 0.3 is 0 Å². The maximum absolute atomic E-state index is 13.4. The number of carbonyl (C=O) groups is 1. The van der Waals surface area contributed by atoms with Crippen LogP contribution in [0.1, 0.15) is 64.4 Å². The van der Waals surface area contributed by atoms with Gasteiger partial charge in [0.25, 0.3) is 0 Å². The Morgan fingerprint density at radius 3 is 2.54 bits per heavy atom. The largest absolute Gasteiger partial charge is 0.393 e. The van der Waals surface area contributed by atoms with E-state index in [9.17, 15) is 9.90 Å². The van der Waals surface area contributed by atoms with Crippen LogP contribution in [0.25, 0.3) is 6.08 Å². The molecule has 6 atom stereocenters. The average molecular weight is 377 g/mol. The summed E-state index contributed by atoms with van der Waals surface area (Å²) >= 11 is 0. The standard InChI is InChI=1S/C26H32O2/c1-25-12-10-20(27)16-19(25)8-9-21-22(25)11-13-26(2)23(21)15-18(24(26)28)14-17-6-4-3-5-7-17/h3-8,14,20-23,27H,9-13,15-16H2,1-2H3/b18-14+/t20-,21+,22-,23-,25+,26+/m1/s1. The first-order valence-corrected chi connectivity index (χ1v) is 11.1. The first-order chi connectivity index (χ1) is 13.4. The Morgan fingerprint density at radius 2 is 1.75 bits per heavy atom. The number of carbonyl (C=O) groups excluding carboxylic acids is 1. The normalized spacial score (nSPS) is 43.9. The van der Waals surface area contributed by atoms with Crippen LogP contribution in [0.5, 0.6) is 0 Å². The first kappa shape index (κ1) is 18.4. The fourth-order valence-electron chi connectivity index (χ4n) is 7.19. The Hall–Kier alpha value is -1.67. The molecule has 5 rings (SSSR count). The summed E-state index contributed by atoms with van der Waals surface area (Å²) in [6.45, 7) is 4.69. The van der Waals surface area contributed by atoms with Crippen molar-refractivity contribution in [1.82, 2.24) is 0 Å². The van der Waals surface area contributed by atoms with Gasteiger partial charge in [-0.15, -0.1) is 0 Å². The van der Waals surface area contributed by atoms with Crippen LogP contribution in [0.15, 0.2) is 47.6 Å². The van der Waals surface area contributed by atoms with Gasteiger partial charge in [-0.1, -0.05) is 55.8 Å². The van der Waals surface area contributed by atoms with Crippen molar-refractivity contribution < 1.29 is 9.90 Å². The lowest BCUT2D eigenvalue weighted by atomic mass is 9.48. The van der Waals surface area contributed by atoms with Crippen LogP contribution in [0, 0.1) is 28.6 Å². The number of aliphatic hydroxyl groups excluding tert-OH is 1. The minimum atomic E-state index is -0.183. The van der Waals surface area contributed by atoms with Crippen molar-refractivity contribution in [1.29, 1.82) is 0 Å². The molecule has 0 radical (unpaired) electrons. The van der Waals surface area contributed by atoms with Gasteiger partial charge in [-0.3, -0.25) is 4.79 Å². The average Bonchev–Trinajstić information content (AvgIpc) is 2.94. The molecule has 0 heterocycles. The minimum Gasteiger partial charge on any atom is -0.393 e. The Kier molecular flexibility index (Phi) is 4.21. The number of benzene rings is 1. The summed E-state index contributed by atoms with van der Waals surface area (Å²) < 4.78 is 0. The second-order valence-corrected chi connectivity index (χ2v) is 10.2. The second-order valence-electron chi connectivity index (χ2n) is 10.2. The summed E-state index contributed by atoms with van der Waals surface area (Å²) in [4.78, 5) is 13.4. The number of Topliss-reactive ketones (excluding diaryl/α,β-unsaturated/α-hetero) is 1. The summed E-state index contributed by atoms with van der Waals surface area (Å²) in [5.74, 6) is 2.14. The van der Waals surface area contributed by atoms with E-state index >= 15 is 0 Å². The molecular weight excluding hydrogens is 344 g/mol. The number of hydrogen-bond acceptors (Lipinski definition) is 2. The van der Waals surface area contributed by atoms with Gasteiger partial charge in [-0.05, 0) is 85.3 Å². The number of fused-ring (bicyclic) bond motifs is 5. The molecule has 1 aromatic rings. The predicted molar refractivity (Wildman–Crippen MR) is 113 cm³/mol. The van der Waals surface area contributed by atoms with Gasteiger partial charge in [0.05, 0.1) is 6.10 Å². The fraction of sp³-hybridized carbons (Fsp3) is 0.577. The Labute approximate surface area is 168 Å². The first-order valence-electron chi connectivity index (χ1n) is 11.1. The molecule has 0 amide bonds. The number of ketones is 1. The summed E-state index contributed by atoms with van der Waals surface area (Å²) in [7, 11) is 0. The third-order valence-corrected chi connectivity index (χ3v) is 8.86. The lowest BCUT2D eigenvalue weighted by molar-refractivity contribution is -0.130. The molecule has 2 nitrogen and oxygen atoms in total. The van der Waals surface area contributed by atoms with E-state index in [0.717, 1.165) is 56.1 Å². The number of hydrogen-bond donors (Lipinski definition) is 1. The molecule has 0 unspecified atom stereocenters. The van der Waals surface area contributed by atoms with Crippen molar-refractivity contribution in [3.63, 3.8) is 0 Å². The van der Waals surface area contributed by atoms with Gasteiger partial charge in [0.1, 0.15) is 0 Å². The zero-order valence-electron chi connectivity index (χ0n) is 17.2. The molecule has 1 N–H and O–H groups in total. The van der Waals surface area contributed by atoms with E-state index in [2.05, 4.69) is 38.1 Å². The van der Waals surface area contributed by atoms with Crippen molar-refractivity contribution in [3.8, 4) is 0 Å². The van der Waals surface area contributed by atoms with E-state index in [4.69, 9.17) is 0 Å². The van der Waals surface area contributed by atoms with Crippen LogP contribution in [-0.4, -0.2) is 17.0 Å². The maximum atomic E-state index is 13.4. The molecular formula is C26H32O2. The van der Waals surface area contributed by atoms with Crippen LogP contribution in [0.2, 0.25) is 0 Å². The third-order valence-electron chi connectivity index (χ3n) is 8.86. The topological polar surface area (TPSA) is 37.3 Å². The van der Waals surface area contributed by atoms with Crippen LogP contribution < -0.4 is 0 Å². The van der Waals surface area contributed by atoms with Gasteiger partial charge in [0.15, 0.2) is 5.78 Å². The molecule has 0 saturated heterocycles. The SMILES string of the molecule is C[C@]12CC[C@@H](O)CC1=CC[C@H]1[C@H]2CC[C@]2(C)C(=O)/C(=C/c3ccccc3)C[C@H]12. The maximum Gasteiger partial charge on any atom is 0.165 e. The lowest BCUT2D eigenvalue weighted by Gasteiger charge is -2.56. The molecule has 3 saturated carbocycles. The molecule has 0 aliphatic heterocycles. The van der Waals surface area contributed by atoms with Crippen molar-refractivity contribution in [2.24, 2.45) is 28.6 Å². The van der Waals surface area contributed by atoms with Gasteiger partial charge in [0, 0.05) is 5.41 Å². The van der Waals surface area contributed by atoms with E-state index in [0.29, 0.717) is 23.5 Å². The van der Waals surface area contributed by atoms with E-state index in [1.165, 1.54) is 5.57 Å². The highest BCUT2D eigenvalue weighted by Gasteiger charge is 2.59. The highest BCUT2D eigenvalue weighted by molar-refractivity contribution is 6.05. The van der Waals surface area contributed by atoms with E-state index in [1.807, 2.05) is 18.2 Å². The molecule has 1 aromatic carbocycles. The Balaban J connectivity index is 1.48. The highest BCUT2D eigenvalue weighted by Crippen LogP contribution is 2.64. The van der Waals surface area contributed by atoms with Crippen molar-refractivity contribution in [3.05, 3.63) is 53.1 Å². The van der Waals surface area contributed by atoms with Gasteiger partial charge in [-0.2, -0.15) is 0 Å². The molecule has 4 aliphatic rings. The van der Waals surface area contributed by atoms with Gasteiger partial charge in [-0.25, -0.2) is 0 Å². The monoisotopic (exact) mass is 376 g/mol. The van der Waals surface area contributed by atoms with Gasteiger partial charge < -0.3 is 5.11 Å². The molecule has 3 fully saturated rings. The molecule has 0 aromatic heterocycles. The Morgan fingerprint density at radius 1 is 1.00 bits per heavy atom. The van der Waals surface area contributed by atoms with Crippen LogP contribution in [-0.2, 0) is 4.79 Å².